The van der Waals surface area contributed by atoms with Crippen LogP contribution < -0.4 is 5.32 Å². The molecule has 0 saturated heterocycles. The molecule has 1 N–H and O–H groups in total. The smallest absolute Gasteiger partial charge is 0.338 e. The van der Waals surface area contributed by atoms with Crippen molar-refractivity contribution in [3.05, 3.63) is 76.8 Å². The summed E-state index contributed by atoms with van der Waals surface area (Å²) in [6.45, 7) is 2.04. The lowest BCUT2D eigenvalue weighted by atomic mass is 10.2. The number of nitrogens with zero attached hydrogens (tertiary/aromatic N) is 1. The molecule has 0 bridgehead atoms. The van der Waals surface area contributed by atoms with E-state index in [1.165, 1.54) is 35.6 Å². The lowest BCUT2D eigenvalue weighted by Crippen LogP contribution is -2.07. The van der Waals surface area contributed by atoms with Crippen LogP contribution in [0.25, 0.3) is 27.6 Å². The largest absolute Gasteiger partial charge is 0.462 e. The zero-order chi connectivity index (χ0) is 22.7. The third-order valence-corrected chi connectivity index (χ3v) is 5.58. The Morgan fingerprint density at radius 2 is 2.06 bits per heavy atom. The maximum Gasteiger partial charge on any atom is 0.338 e. The highest BCUT2D eigenvalue weighted by Gasteiger charge is 2.11. The zero-order valence-corrected chi connectivity index (χ0v) is 18.3. The highest BCUT2D eigenvalue weighted by atomic mass is 35.5. The minimum absolute atomic E-state index is 0.000538. The number of anilines is 1. The van der Waals surface area contributed by atoms with Gasteiger partial charge in [-0.25, -0.2) is 14.2 Å². The summed E-state index contributed by atoms with van der Waals surface area (Å²) in [6.07, 6.45) is 2.83. The molecule has 4 aromatic rings. The van der Waals surface area contributed by atoms with E-state index in [1.807, 2.05) is 0 Å². The summed E-state index contributed by atoms with van der Waals surface area (Å²) in [6, 6.07) is 12.7. The van der Waals surface area contributed by atoms with Crippen molar-refractivity contribution in [2.75, 3.05) is 11.9 Å². The molecule has 162 valence electrons. The predicted molar refractivity (Wildman–Crippen MR) is 122 cm³/mol. The number of carbonyl (C=O) groups is 2. The molecule has 0 atom stereocenters. The van der Waals surface area contributed by atoms with Gasteiger partial charge in [0.2, 0.25) is 5.91 Å². The molecular weight excluding hydrogens is 455 g/mol. The molecule has 0 saturated carbocycles. The third-order valence-electron chi connectivity index (χ3n) is 4.36. The van der Waals surface area contributed by atoms with E-state index >= 15 is 0 Å². The fourth-order valence-electron chi connectivity index (χ4n) is 2.87. The van der Waals surface area contributed by atoms with Crippen LogP contribution in [0.1, 0.15) is 23.0 Å². The Balaban J connectivity index is 1.43. The van der Waals surface area contributed by atoms with Gasteiger partial charge in [-0.05, 0) is 61.5 Å². The molecule has 4 rings (SSSR count). The Kier molecular flexibility index (Phi) is 6.34. The van der Waals surface area contributed by atoms with Gasteiger partial charge < -0.3 is 9.15 Å². The van der Waals surface area contributed by atoms with E-state index in [2.05, 4.69) is 10.3 Å². The number of esters is 1. The molecule has 0 aliphatic carbocycles. The number of rotatable bonds is 6. The van der Waals surface area contributed by atoms with Crippen LogP contribution in [0.3, 0.4) is 0 Å². The molecule has 2 heterocycles. The van der Waals surface area contributed by atoms with Crippen molar-refractivity contribution in [1.82, 2.24) is 4.98 Å². The molecule has 9 heteroatoms. The first-order chi connectivity index (χ1) is 15.4. The van der Waals surface area contributed by atoms with E-state index in [0.29, 0.717) is 39.9 Å². The van der Waals surface area contributed by atoms with Gasteiger partial charge in [0.15, 0.2) is 5.13 Å². The van der Waals surface area contributed by atoms with Gasteiger partial charge in [-0.15, -0.1) is 0 Å². The summed E-state index contributed by atoms with van der Waals surface area (Å²) in [5.41, 5.74) is 1.71. The number of benzene rings is 2. The number of fused-ring (bicyclic) bond motifs is 1. The van der Waals surface area contributed by atoms with Gasteiger partial charge in [-0.1, -0.05) is 22.9 Å². The summed E-state index contributed by atoms with van der Waals surface area (Å²) in [5, 5.41) is 3.09. The fraction of sp³-hybridized carbons (Fsp3) is 0.0870. The van der Waals surface area contributed by atoms with E-state index in [0.717, 1.165) is 4.70 Å². The van der Waals surface area contributed by atoms with Crippen LogP contribution in [-0.2, 0) is 9.53 Å². The Hall–Kier alpha value is -3.49. The molecule has 0 unspecified atom stereocenters. The minimum atomic E-state index is -0.509. The minimum Gasteiger partial charge on any atom is -0.462 e. The van der Waals surface area contributed by atoms with Crippen molar-refractivity contribution in [2.24, 2.45) is 0 Å². The van der Waals surface area contributed by atoms with Gasteiger partial charge in [0.1, 0.15) is 17.3 Å². The number of hydrogen-bond acceptors (Lipinski definition) is 6. The molecule has 0 fully saturated rings. The lowest BCUT2D eigenvalue weighted by Gasteiger charge is -2.00. The van der Waals surface area contributed by atoms with E-state index < -0.39 is 17.7 Å². The van der Waals surface area contributed by atoms with Crippen LogP contribution in [0.15, 0.2) is 59.0 Å². The lowest BCUT2D eigenvalue weighted by molar-refractivity contribution is -0.111. The molecule has 6 nitrogen and oxygen atoms in total. The highest BCUT2D eigenvalue weighted by molar-refractivity contribution is 7.22. The summed E-state index contributed by atoms with van der Waals surface area (Å²) < 4.78 is 24.7. The Labute approximate surface area is 191 Å². The number of ether oxygens (including phenoxy) is 1. The summed E-state index contributed by atoms with van der Waals surface area (Å²) in [5.74, 6) is -0.366. The summed E-state index contributed by atoms with van der Waals surface area (Å²) in [4.78, 5) is 28.5. The normalized spacial score (nSPS) is 11.2. The van der Waals surface area contributed by atoms with Crippen LogP contribution in [0.5, 0.6) is 0 Å². The van der Waals surface area contributed by atoms with Crippen molar-refractivity contribution >= 4 is 56.2 Å². The van der Waals surface area contributed by atoms with Crippen molar-refractivity contribution in [1.29, 1.82) is 0 Å². The number of aromatic nitrogens is 1. The zero-order valence-electron chi connectivity index (χ0n) is 16.7. The monoisotopic (exact) mass is 470 g/mol. The number of furan rings is 1. The average molecular weight is 471 g/mol. The van der Waals surface area contributed by atoms with E-state index in [4.69, 9.17) is 20.8 Å². The van der Waals surface area contributed by atoms with Crippen molar-refractivity contribution < 1.29 is 23.1 Å². The second-order valence-corrected chi connectivity index (χ2v) is 8.01. The van der Waals surface area contributed by atoms with Crippen LogP contribution in [0.2, 0.25) is 5.02 Å². The molecule has 1 amide bonds. The quantitative estimate of drug-likeness (QED) is 0.269. The molecular formula is C23H16ClFN2O4S. The van der Waals surface area contributed by atoms with Crippen LogP contribution in [0.4, 0.5) is 9.52 Å². The first-order valence-corrected chi connectivity index (χ1v) is 10.7. The molecule has 2 aromatic carbocycles. The number of amides is 1. The molecule has 32 heavy (non-hydrogen) atoms. The number of carbonyl (C=O) groups excluding carboxylic acids is 2. The second kappa shape index (κ2) is 9.33. The Morgan fingerprint density at radius 1 is 1.22 bits per heavy atom. The number of nitrogens with one attached hydrogen (secondary N) is 1. The predicted octanol–water partition coefficient (Wildman–Crippen LogP) is 6.18. The van der Waals surface area contributed by atoms with E-state index in [-0.39, 0.29) is 5.02 Å². The first kappa shape index (κ1) is 21.7. The second-order valence-electron chi connectivity index (χ2n) is 6.58. The summed E-state index contributed by atoms with van der Waals surface area (Å²) >= 11 is 7.06. The van der Waals surface area contributed by atoms with Gasteiger partial charge in [-0.2, -0.15) is 0 Å². The average Bonchev–Trinajstić information content (AvgIpc) is 3.40. The van der Waals surface area contributed by atoms with Gasteiger partial charge >= 0.3 is 5.97 Å². The number of halogens is 2. The highest BCUT2D eigenvalue weighted by Crippen LogP contribution is 2.28. The Morgan fingerprint density at radius 3 is 2.84 bits per heavy atom. The van der Waals surface area contributed by atoms with Gasteiger partial charge in [0, 0.05) is 11.6 Å². The van der Waals surface area contributed by atoms with Crippen LogP contribution in [-0.4, -0.2) is 23.5 Å². The number of thiazole rings is 1. The molecule has 2 aromatic heterocycles. The molecule has 0 spiro atoms. The SMILES string of the molecule is CCOC(=O)c1ccc2nc(NC(=O)/C=C/c3ccc(-c4ccc(F)c(Cl)c4)o3)sc2c1. The number of hydrogen-bond donors (Lipinski definition) is 1. The van der Waals surface area contributed by atoms with Crippen LogP contribution >= 0.6 is 22.9 Å². The molecule has 0 aliphatic rings. The van der Waals surface area contributed by atoms with E-state index in [1.54, 1.807) is 43.3 Å². The topological polar surface area (TPSA) is 81.4 Å². The van der Waals surface area contributed by atoms with Crippen molar-refractivity contribution in [3.8, 4) is 11.3 Å². The van der Waals surface area contributed by atoms with Crippen molar-refractivity contribution in [3.63, 3.8) is 0 Å². The molecule has 0 aliphatic heterocycles. The maximum atomic E-state index is 13.3. The molecule has 0 radical (unpaired) electrons. The fourth-order valence-corrected chi connectivity index (χ4v) is 3.96. The van der Waals surface area contributed by atoms with Crippen molar-refractivity contribution in [2.45, 2.75) is 6.92 Å². The Bertz CT molecular complexity index is 1350. The summed E-state index contributed by atoms with van der Waals surface area (Å²) in [7, 11) is 0. The standard InChI is InChI=1S/C23H16ClFN2O4S/c1-2-30-22(29)14-4-8-18-20(12-14)32-23(26-18)27-21(28)10-6-15-5-9-19(31-15)13-3-7-17(25)16(24)11-13/h3-12H,2H2,1H3,(H,26,27,28)/b10-6+. The van der Waals surface area contributed by atoms with Gasteiger partial charge in [0.05, 0.1) is 27.4 Å². The van der Waals surface area contributed by atoms with Crippen LogP contribution in [0, 0.1) is 5.82 Å². The third kappa shape index (κ3) is 4.87. The first-order valence-electron chi connectivity index (χ1n) is 9.55. The van der Waals surface area contributed by atoms with Gasteiger partial charge in [-0.3, -0.25) is 10.1 Å². The maximum absolute atomic E-state index is 13.3. The van der Waals surface area contributed by atoms with Gasteiger partial charge in [0.25, 0.3) is 0 Å². The van der Waals surface area contributed by atoms with E-state index in [9.17, 15) is 14.0 Å².